The molecule has 0 saturated heterocycles. The van der Waals surface area contributed by atoms with E-state index in [9.17, 15) is 23.8 Å². The summed E-state index contributed by atoms with van der Waals surface area (Å²) in [6, 6.07) is -0.426. The summed E-state index contributed by atoms with van der Waals surface area (Å²) in [7, 11) is 0. The minimum absolute atomic E-state index is 0.0402. The van der Waals surface area contributed by atoms with Crippen LogP contribution in [0.15, 0.2) is 0 Å². The molecule has 1 amide bonds. The Kier molecular flexibility index (Phi) is 4.64. The van der Waals surface area contributed by atoms with Crippen LogP contribution in [0.4, 0.5) is 8.78 Å². The molecular weight excluding hydrogens is 268 g/mol. The van der Waals surface area contributed by atoms with E-state index in [0.717, 1.165) is 25.7 Å². The Balaban J connectivity index is 2.01. The van der Waals surface area contributed by atoms with Gasteiger partial charge < -0.3 is 15.5 Å². The van der Waals surface area contributed by atoms with Crippen molar-refractivity contribution >= 4 is 5.91 Å². The number of nitrogens with one attached hydrogen (secondary N) is 1. The molecular formula is C14H23F2NO3. The molecule has 0 bridgehead atoms. The van der Waals surface area contributed by atoms with Crippen molar-refractivity contribution in [1.29, 1.82) is 0 Å². The highest BCUT2D eigenvalue weighted by Crippen LogP contribution is 2.44. The Bertz CT molecular complexity index is 358. The summed E-state index contributed by atoms with van der Waals surface area (Å²) in [4.78, 5) is 11.8. The lowest BCUT2D eigenvalue weighted by atomic mass is 9.75. The molecule has 3 N–H and O–H groups in total. The van der Waals surface area contributed by atoms with Crippen LogP contribution < -0.4 is 5.32 Å². The molecule has 0 aromatic rings. The number of aliphatic hydroxyl groups excluding tert-OH is 1. The van der Waals surface area contributed by atoms with Gasteiger partial charge in [0.2, 0.25) is 0 Å². The second-order valence-corrected chi connectivity index (χ2v) is 6.12. The van der Waals surface area contributed by atoms with E-state index in [4.69, 9.17) is 0 Å². The molecule has 0 aromatic carbocycles. The smallest absolute Gasteiger partial charge is 0.352 e. The van der Waals surface area contributed by atoms with Crippen molar-refractivity contribution in [2.75, 3.05) is 6.61 Å². The normalized spacial score (nSPS) is 30.2. The molecule has 2 saturated carbocycles. The van der Waals surface area contributed by atoms with Gasteiger partial charge in [-0.15, -0.1) is 0 Å². The van der Waals surface area contributed by atoms with Gasteiger partial charge in [-0.3, -0.25) is 4.79 Å². The molecule has 2 unspecified atom stereocenters. The highest BCUT2D eigenvalue weighted by atomic mass is 19.3. The van der Waals surface area contributed by atoms with E-state index in [-0.39, 0.29) is 25.4 Å². The van der Waals surface area contributed by atoms with Gasteiger partial charge in [0.15, 0.2) is 0 Å². The molecule has 20 heavy (non-hydrogen) atoms. The van der Waals surface area contributed by atoms with Gasteiger partial charge in [-0.25, -0.2) is 0 Å². The molecule has 116 valence electrons. The van der Waals surface area contributed by atoms with Crippen molar-refractivity contribution in [3.8, 4) is 0 Å². The van der Waals surface area contributed by atoms with Crippen molar-refractivity contribution in [2.24, 2.45) is 5.92 Å². The quantitative estimate of drug-likeness (QED) is 0.689. The summed E-state index contributed by atoms with van der Waals surface area (Å²) in [5, 5.41) is 21.5. The third-order valence-electron chi connectivity index (χ3n) is 4.76. The fourth-order valence-corrected chi connectivity index (χ4v) is 3.09. The minimum Gasteiger partial charge on any atom is -0.396 e. The molecule has 2 rings (SSSR count). The lowest BCUT2D eigenvalue weighted by molar-refractivity contribution is -0.216. The SMILES string of the molecule is O=C(NC1CCCCCC1CO)C(F)(F)C1(O)CCC1. The predicted octanol–water partition coefficient (Wildman–Crippen LogP) is 1.59. The summed E-state index contributed by atoms with van der Waals surface area (Å²) < 4.78 is 28.0. The number of alkyl halides is 2. The monoisotopic (exact) mass is 291 g/mol. The maximum atomic E-state index is 14.0. The summed E-state index contributed by atoms with van der Waals surface area (Å²) in [5.74, 6) is -5.32. The Hall–Kier alpha value is -0.750. The molecule has 0 aromatic heterocycles. The third-order valence-corrected chi connectivity index (χ3v) is 4.76. The van der Waals surface area contributed by atoms with Crippen molar-refractivity contribution in [3.05, 3.63) is 0 Å². The Morgan fingerprint density at radius 1 is 1.20 bits per heavy atom. The van der Waals surface area contributed by atoms with Crippen molar-refractivity contribution in [1.82, 2.24) is 5.32 Å². The van der Waals surface area contributed by atoms with Gasteiger partial charge in [-0.2, -0.15) is 8.78 Å². The predicted molar refractivity (Wildman–Crippen MR) is 69.3 cm³/mol. The third kappa shape index (κ3) is 2.81. The zero-order chi connectivity index (χ0) is 14.8. The summed E-state index contributed by atoms with van der Waals surface area (Å²) in [5.41, 5.74) is -2.18. The number of aliphatic hydroxyl groups is 2. The molecule has 0 spiro atoms. The van der Waals surface area contributed by atoms with Gasteiger partial charge in [0.25, 0.3) is 5.91 Å². The number of amides is 1. The van der Waals surface area contributed by atoms with E-state index in [2.05, 4.69) is 5.32 Å². The van der Waals surface area contributed by atoms with Crippen molar-refractivity contribution in [2.45, 2.75) is 68.9 Å². The van der Waals surface area contributed by atoms with E-state index in [1.807, 2.05) is 0 Å². The maximum absolute atomic E-state index is 14.0. The van der Waals surface area contributed by atoms with Gasteiger partial charge in [-0.1, -0.05) is 19.3 Å². The summed E-state index contributed by atoms with van der Waals surface area (Å²) >= 11 is 0. The number of hydrogen-bond acceptors (Lipinski definition) is 3. The number of rotatable bonds is 4. The second-order valence-electron chi connectivity index (χ2n) is 6.12. The highest BCUT2D eigenvalue weighted by Gasteiger charge is 2.61. The first-order valence-electron chi connectivity index (χ1n) is 7.43. The number of halogens is 2. The lowest BCUT2D eigenvalue weighted by Crippen LogP contribution is -2.62. The van der Waals surface area contributed by atoms with Gasteiger partial charge in [0, 0.05) is 18.6 Å². The molecule has 0 aliphatic heterocycles. The van der Waals surface area contributed by atoms with Crippen LogP contribution in [0, 0.1) is 5.92 Å². The topological polar surface area (TPSA) is 69.6 Å². The number of hydrogen-bond donors (Lipinski definition) is 3. The average Bonchev–Trinajstić information content (AvgIpc) is 2.60. The second kappa shape index (κ2) is 5.93. The van der Waals surface area contributed by atoms with Crippen LogP contribution in [0.3, 0.4) is 0 Å². The van der Waals surface area contributed by atoms with Gasteiger partial charge in [-0.05, 0) is 32.1 Å². The molecule has 2 aliphatic rings. The Morgan fingerprint density at radius 3 is 2.40 bits per heavy atom. The summed E-state index contributed by atoms with van der Waals surface area (Å²) in [6.45, 7) is -0.110. The number of carbonyl (C=O) groups excluding carboxylic acids is 1. The lowest BCUT2D eigenvalue weighted by Gasteiger charge is -2.42. The maximum Gasteiger partial charge on any atom is 0.352 e. The minimum atomic E-state index is -3.75. The zero-order valence-electron chi connectivity index (χ0n) is 11.6. The first-order chi connectivity index (χ1) is 9.40. The summed E-state index contributed by atoms with van der Waals surface area (Å²) in [6.07, 6.45) is 4.56. The fourth-order valence-electron chi connectivity index (χ4n) is 3.09. The van der Waals surface area contributed by atoms with Crippen LogP contribution in [-0.2, 0) is 4.79 Å². The Morgan fingerprint density at radius 2 is 1.85 bits per heavy atom. The molecule has 0 heterocycles. The van der Waals surface area contributed by atoms with Gasteiger partial charge in [0.05, 0.1) is 0 Å². The van der Waals surface area contributed by atoms with Crippen LogP contribution in [0.2, 0.25) is 0 Å². The first-order valence-corrected chi connectivity index (χ1v) is 7.43. The average molecular weight is 291 g/mol. The van der Waals surface area contributed by atoms with Gasteiger partial charge in [0.1, 0.15) is 5.60 Å². The first kappa shape index (κ1) is 15.6. The zero-order valence-corrected chi connectivity index (χ0v) is 11.6. The van der Waals surface area contributed by atoms with Gasteiger partial charge >= 0.3 is 5.92 Å². The van der Waals surface area contributed by atoms with E-state index < -0.39 is 23.5 Å². The van der Waals surface area contributed by atoms with Crippen molar-refractivity contribution < 1.29 is 23.8 Å². The number of carbonyl (C=O) groups is 1. The molecule has 2 fully saturated rings. The fraction of sp³-hybridized carbons (Fsp3) is 0.929. The molecule has 4 nitrogen and oxygen atoms in total. The molecule has 2 aliphatic carbocycles. The molecule has 2 atom stereocenters. The molecule has 0 radical (unpaired) electrons. The van der Waals surface area contributed by atoms with E-state index >= 15 is 0 Å². The largest absolute Gasteiger partial charge is 0.396 e. The molecule has 6 heteroatoms. The van der Waals surface area contributed by atoms with Crippen LogP contribution in [0.25, 0.3) is 0 Å². The van der Waals surface area contributed by atoms with Crippen LogP contribution in [-0.4, -0.2) is 40.3 Å². The van der Waals surface area contributed by atoms with E-state index in [1.165, 1.54) is 0 Å². The van der Waals surface area contributed by atoms with Crippen LogP contribution in [0.5, 0.6) is 0 Å². The Labute approximate surface area is 117 Å². The van der Waals surface area contributed by atoms with E-state index in [1.54, 1.807) is 0 Å². The highest BCUT2D eigenvalue weighted by molar-refractivity contribution is 5.85. The van der Waals surface area contributed by atoms with E-state index in [0.29, 0.717) is 12.8 Å². The van der Waals surface area contributed by atoms with Crippen molar-refractivity contribution in [3.63, 3.8) is 0 Å². The van der Waals surface area contributed by atoms with Crippen LogP contribution >= 0.6 is 0 Å². The standard InChI is InChI=1S/C14H23F2NO3/c15-14(16,13(20)7-4-8-13)12(19)17-11-6-3-1-2-5-10(11)9-18/h10-11,18,20H,1-9H2,(H,17,19). The van der Waals surface area contributed by atoms with Crippen LogP contribution in [0.1, 0.15) is 51.4 Å².